The highest BCUT2D eigenvalue weighted by Crippen LogP contribution is 2.34. The van der Waals surface area contributed by atoms with Gasteiger partial charge in [0.2, 0.25) is 5.16 Å². The van der Waals surface area contributed by atoms with Crippen molar-refractivity contribution in [1.82, 2.24) is 30.2 Å². The van der Waals surface area contributed by atoms with Crippen LogP contribution in [-0.2, 0) is 4.74 Å². The maximum absolute atomic E-state index is 12.6. The summed E-state index contributed by atoms with van der Waals surface area (Å²) < 4.78 is 6.78. The predicted molar refractivity (Wildman–Crippen MR) is 103 cm³/mol. The number of thioether (sulfide) groups is 1. The normalized spacial score (nSPS) is 12.7. The van der Waals surface area contributed by atoms with Gasteiger partial charge in [0.1, 0.15) is 15.5 Å². The summed E-state index contributed by atoms with van der Waals surface area (Å²) in [7, 11) is 0. The Morgan fingerprint density at radius 1 is 1.37 bits per heavy atom. The third-order valence-electron chi connectivity index (χ3n) is 3.90. The van der Waals surface area contributed by atoms with Crippen molar-refractivity contribution in [1.29, 1.82) is 0 Å². The van der Waals surface area contributed by atoms with E-state index in [1.165, 1.54) is 23.1 Å². The first-order valence-corrected chi connectivity index (χ1v) is 10.2. The summed E-state index contributed by atoms with van der Waals surface area (Å²) in [6.45, 7) is 9.65. The van der Waals surface area contributed by atoms with Crippen LogP contribution in [0.25, 0.3) is 10.2 Å². The standard InChI is InChI=1S/C16H20N6O3S2/c1-6-25-15(24)11-8(4)10-13(23)17-12(18-14(10)27-11)9(5)26-16-19-20-21-22(16)7(2)3/h7,9H,6H2,1-5H3,(H,17,18,23). The topological polar surface area (TPSA) is 116 Å². The molecule has 0 aliphatic heterocycles. The van der Waals surface area contributed by atoms with Gasteiger partial charge in [0.25, 0.3) is 5.56 Å². The number of hydrogen-bond acceptors (Lipinski definition) is 9. The van der Waals surface area contributed by atoms with Gasteiger partial charge >= 0.3 is 5.97 Å². The Bertz CT molecular complexity index is 1040. The molecule has 0 aliphatic carbocycles. The number of rotatable bonds is 6. The Hall–Kier alpha value is -2.27. The Balaban J connectivity index is 1.97. The molecule has 3 aromatic heterocycles. The molecule has 0 saturated carbocycles. The Morgan fingerprint density at radius 3 is 2.78 bits per heavy atom. The van der Waals surface area contributed by atoms with E-state index in [2.05, 4.69) is 25.5 Å². The lowest BCUT2D eigenvalue weighted by Gasteiger charge is -2.11. The highest BCUT2D eigenvalue weighted by molar-refractivity contribution is 7.99. The monoisotopic (exact) mass is 408 g/mol. The molecule has 144 valence electrons. The van der Waals surface area contributed by atoms with Crippen LogP contribution >= 0.6 is 23.1 Å². The van der Waals surface area contributed by atoms with E-state index in [1.54, 1.807) is 18.5 Å². The van der Waals surface area contributed by atoms with Gasteiger partial charge < -0.3 is 9.72 Å². The van der Waals surface area contributed by atoms with Gasteiger partial charge in [-0.3, -0.25) is 4.79 Å². The number of carbonyl (C=O) groups excluding carboxylic acids is 1. The maximum atomic E-state index is 12.6. The van der Waals surface area contributed by atoms with Crippen LogP contribution in [0.15, 0.2) is 9.95 Å². The number of fused-ring (bicyclic) bond motifs is 1. The molecule has 0 amide bonds. The van der Waals surface area contributed by atoms with E-state index in [1.807, 2.05) is 20.8 Å². The van der Waals surface area contributed by atoms with Gasteiger partial charge in [-0.1, -0.05) is 11.8 Å². The van der Waals surface area contributed by atoms with Gasteiger partial charge in [-0.15, -0.1) is 16.4 Å². The fourth-order valence-electron chi connectivity index (χ4n) is 2.55. The minimum atomic E-state index is -0.433. The first-order valence-electron chi connectivity index (χ1n) is 8.48. The number of nitrogens with zero attached hydrogens (tertiary/aromatic N) is 5. The van der Waals surface area contributed by atoms with Crippen molar-refractivity contribution in [2.75, 3.05) is 6.61 Å². The molecular formula is C16H20N6O3S2. The van der Waals surface area contributed by atoms with E-state index in [0.29, 0.717) is 31.6 Å². The van der Waals surface area contributed by atoms with Crippen LogP contribution in [0.4, 0.5) is 0 Å². The average molecular weight is 409 g/mol. The minimum Gasteiger partial charge on any atom is -0.462 e. The Labute approximate surface area is 163 Å². The van der Waals surface area contributed by atoms with E-state index in [-0.39, 0.29) is 23.5 Å². The van der Waals surface area contributed by atoms with Crippen molar-refractivity contribution in [2.45, 2.75) is 51.1 Å². The summed E-state index contributed by atoms with van der Waals surface area (Å²) in [4.78, 5) is 33.0. The molecule has 1 unspecified atom stereocenters. The summed E-state index contributed by atoms with van der Waals surface area (Å²) in [5.74, 6) is 0.0740. The summed E-state index contributed by atoms with van der Waals surface area (Å²) in [5, 5.41) is 12.6. The molecule has 9 nitrogen and oxygen atoms in total. The molecule has 1 N–H and O–H groups in total. The van der Waals surface area contributed by atoms with Crippen LogP contribution in [0.3, 0.4) is 0 Å². The molecule has 11 heteroatoms. The van der Waals surface area contributed by atoms with Gasteiger partial charge in [0.05, 0.1) is 23.3 Å². The zero-order valence-electron chi connectivity index (χ0n) is 15.6. The average Bonchev–Trinajstić information content (AvgIpc) is 3.19. The summed E-state index contributed by atoms with van der Waals surface area (Å²) in [6, 6.07) is 0.122. The second-order valence-electron chi connectivity index (χ2n) is 6.17. The van der Waals surface area contributed by atoms with Gasteiger partial charge in [0, 0.05) is 0 Å². The number of ether oxygens (including phenoxy) is 1. The number of aryl methyl sites for hydroxylation is 1. The molecule has 1 atom stereocenters. The lowest BCUT2D eigenvalue weighted by atomic mass is 10.2. The molecule has 0 aliphatic rings. The quantitative estimate of drug-likeness (QED) is 0.489. The van der Waals surface area contributed by atoms with E-state index in [0.717, 1.165) is 0 Å². The third-order valence-corrected chi connectivity index (χ3v) is 6.12. The Kier molecular flexibility index (Phi) is 5.61. The molecule has 3 rings (SSSR count). The number of H-pyrrole nitrogens is 1. The molecule has 0 saturated heterocycles. The van der Waals surface area contributed by atoms with E-state index in [9.17, 15) is 9.59 Å². The molecule has 0 spiro atoms. The number of aromatic nitrogens is 6. The van der Waals surface area contributed by atoms with Crippen molar-refractivity contribution in [3.8, 4) is 0 Å². The number of aromatic amines is 1. The molecule has 0 bridgehead atoms. The van der Waals surface area contributed by atoms with Crippen LogP contribution in [-0.4, -0.2) is 42.8 Å². The van der Waals surface area contributed by atoms with Crippen LogP contribution in [0.5, 0.6) is 0 Å². The van der Waals surface area contributed by atoms with Gasteiger partial charge in [0.15, 0.2) is 0 Å². The second kappa shape index (κ2) is 7.77. The number of carbonyl (C=O) groups is 1. The zero-order valence-corrected chi connectivity index (χ0v) is 17.3. The molecule has 0 radical (unpaired) electrons. The molecular weight excluding hydrogens is 388 g/mol. The highest BCUT2D eigenvalue weighted by atomic mass is 32.2. The minimum absolute atomic E-state index is 0.122. The Morgan fingerprint density at radius 2 is 2.11 bits per heavy atom. The zero-order chi connectivity index (χ0) is 19.7. The van der Waals surface area contributed by atoms with Gasteiger partial charge in [-0.05, 0) is 50.6 Å². The van der Waals surface area contributed by atoms with Crippen LogP contribution in [0, 0.1) is 6.92 Å². The van der Waals surface area contributed by atoms with E-state index >= 15 is 0 Å². The number of esters is 1. The molecule has 0 fully saturated rings. The first kappa shape index (κ1) is 19.5. The van der Waals surface area contributed by atoms with Gasteiger partial charge in [-0.25, -0.2) is 14.5 Å². The molecule has 27 heavy (non-hydrogen) atoms. The van der Waals surface area contributed by atoms with E-state index in [4.69, 9.17) is 4.74 Å². The number of nitrogens with one attached hydrogen (secondary N) is 1. The SMILES string of the molecule is CCOC(=O)c1sc2nc(C(C)Sc3nnnn3C(C)C)[nH]c(=O)c2c1C. The number of thiophene rings is 1. The first-order chi connectivity index (χ1) is 12.8. The maximum Gasteiger partial charge on any atom is 0.348 e. The van der Waals surface area contributed by atoms with Crippen LogP contribution in [0.1, 0.15) is 60.0 Å². The smallest absolute Gasteiger partial charge is 0.348 e. The molecule has 3 aromatic rings. The lowest BCUT2D eigenvalue weighted by Crippen LogP contribution is -2.13. The predicted octanol–water partition coefficient (Wildman–Crippen LogP) is 2.89. The fourth-order valence-corrected chi connectivity index (χ4v) is 4.61. The van der Waals surface area contributed by atoms with Crippen LogP contribution in [0.2, 0.25) is 0 Å². The summed E-state index contributed by atoms with van der Waals surface area (Å²) >= 11 is 2.58. The van der Waals surface area contributed by atoms with Crippen molar-refractivity contribution in [2.24, 2.45) is 0 Å². The van der Waals surface area contributed by atoms with Crippen molar-refractivity contribution < 1.29 is 9.53 Å². The largest absolute Gasteiger partial charge is 0.462 e. The van der Waals surface area contributed by atoms with Crippen molar-refractivity contribution >= 4 is 39.3 Å². The fraction of sp³-hybridized carbons (Fsp3) is 0.500. The van der Waals surface area contributed by atoms with Crippen molar-refractivity contribution in [3.05, 3.63) is 26.6 Å². The summed E-state index contributed by atoms with van der Waals surface area (Å²) in [6.07, 6.45) is 0. The summed E-state index contributed by atoms with van der Waals surface area (Å²) in [5.41, 5.74) is 0.327. The second-order valence-corrected chi connectivity index (χ2v) is 8.47. The van der Waals surface area contributed by atoms with Gasteiger partial charge in [-0.2, -0.15) is 0 Å². The highest BCUT2D eigenvalue weighted by Gasteiger charge is 2.22. The number of tetrazole rings is 1. The van der Waals surface area contributed by atoms with E-state index < -0.39 is 5.97 Å². The van der Waals surface area contributed by atoms with Crippen LogP contribution < -0.4 is 5.56 Å². The third kappa shape index (κ3) is 3.74. The number of hydrogen-bond donors (Lipinski definition) is 1. The molecule has 0 aromatic carbocycles. The molecule has 3 heterocycles. The lowest BCUT2D eigenvalue weighted by molar-refractivity contribution is 0.0531. The van der Waals surface area contributed by atoms with Crippen molar-refractivity contribution in [3.63, 3.8) is 0 Å².